The van der Waals surface area contributed by atoms with Crippen LogP contribution >= 0.6 is 22.7 Å². The fourth-order valence-electron chi connectivity index (χ4n) is 0.858. The number of ether oxygens (including phenoxy) is 1. The standard InChI is InChI=1S/C9H6O2S2/c10-9(7-3-1-5-12-7)11-8-4-2-6-13-8/h1-6H. The SMILES string of the molecule is O=C(Oc1cccs1)c1cccs1. The van der Waals surface area contributed by atoms with Gasteiger partial charge in [0, 0.05) is 0 Å². The van der Waals surface area contributed by atoms with E-state index < -0.39 is 0 Å². The van der Waals surface area contributed by atoms with Gasteiger partial charge in [0.15, 0.2) is 5.06 Å². The molecule has 0 aromatic carbocycles. The summed E-state index contributed by atoms with van der Waals surface area (Å²) in [6.07, 6.45) is 0. The van der Waals surface area contributed by atoms with Gasteiger partial charge in [0.2, 0.25) is 0 Å². The lowest BCUT2D eigenvalue weighted by Crippen LogP contribution is -2.04. The molecule has 2 nitrogen and oxygen atoms in total. The number of rotatable bonds is 2. The first-order chi connectivity index (χ1) is 6.36. The third kappa shape index (κ3) is 1.96. The molecule has 2 rings (SSSR count). The summed E-state index contributed by atoms with van der Waals surface area (Å²) in [6, 6.07) is 7.20. The predicted molar refractivity (Wildman–Crippen MR) is 53.6 cm³/mol. The Balaban J connectivity index is 2.08. The average molecular weight is 210 g/mol. The van der Waals surface area contributed by atoms with Gasteiger partial charge < -0.3 is 4.74 Å². The number of thiophene rings is 2. The van der Waals surface area contributed by atoms with Crippen LogP contribution < -0.4 is 4.74 Å². The van der Waals surface area contributed by atoms with E-state index in [4.69, 9.17) is 4.74 Å². The van der Waals surface area contributed by atoms with Crippen LogP contribution in [0.2, 0.25) is 0 Å². The second-order valence-electron chi connectivity index (χ2n) is 2.30. The molecular formula is C9H6O2S2. The van der Waals surface area contributed by atoms with Crippen molar-refractivity contribution in [1.29, 1.82) is 0 Å². The monoisotopic (exact) mass is 210 g/mol. The summed E-state index contributed by atoms with van der Waals surface area (Å²) in [7, 11) is 0. The van der Waals surface area contributed by atoms with Crippen LogP contribution in [-0.4, -0.2) is 5.97 Å². The third-order valence-electron chi connectivity index (χ3n) is 1.41. The molecule has 2 heterocycles. The maximum atomic E-state index is 11.4. The largest absolute Gasteiger partial charge is 0.411 e. The molecule has 2 aromatic rings. The third-order valence-corrected chi connectivity index (χ3v) is 3.01. The zero-order valence-electron chi connectivity index (χ0n) is 6.60. The summed E-state index contributed by atoms with van der Waals surface area (Å²) in [6.45, 7) is 0. The molecule has 0 N–H and O–H groups in total. The van der Waals surface area contributed by atoms with E-state index in [9.17, 15) is 4.79 Å². The predicted octanol–water partition coefficient (Wildman–Crippen LogP) is 3.03. The van der Waals surface area contributed by atoms with Crippen molar-refractivity contribution in [2.24, 2.45) is 0 Å². The molecule has 0 radical (unpaired) electrons. The van der Waals surface area contributed by atoms with Gasteiger partial charge in [0.1, 0.15) is 4.88 Å². The number of carbonyl (C=O) groups is 1. The van der Waals surface area contributed by atoms with E-state index in [1.54, 1.807) is 12.1 Å². The number of hydrogen-bond donors (Lipinski definition) is 0. The Hall–Kier alpha value is -1.13. The van der Waals surface area contributed by atoms with Crippen LogP contribution in [0.1, 0.15) is 9.67 Å². The minimum atomic E-state index is -0.280. The molecule has 0 aliphatic carbocycles. The van der Waals surface area contributed by atoms with Gasteiger partial charge in [-0.05, 0) is 29.0 Å². The summed E-state index contributed by atoms with van der Waals surface area (Å²) >= 11 is 2.79. The molecule has 0 saturated carbocycles. The van der Waals surface area contributed by atoms with E-state index >= 15 is 0 Å². The number of esters is 1. The highest BCUT2D eigenvalue weighted by atomic mass is 32.1. The minimum Gasteiger partial charge on any atom is -0.411 e. The van der Waals surface area contributed by atoms with Crippen molar-refractivity contribution in [3.63, 3.8) is 0 Å². The van der Waals surface area contributed by atoms with Crippen LogP contribution in [0, 0.1) is 0 Å². The lowest BCUT2D eigenvalue weighted by Gasteiger charge is -1.96. The topological polar surface area (TPSA) is 26.3 Å². The highest BCUT2D eigenvalue weighted by Gasteiger charge is 2.08. The molecule has 0 aliphatic rings. The summed E-state index contributed by atoms with van der Waals surface area (Å²) < 4.78 is 5.09. The van der Waals surface area contributed by atoms with Gasteiger partial charge in [0.05, 0.1) is 0 Å². The van der Waals surface area contributed by atoms with Crippen molar-refractivity contribution in [3.05, 3.63) is 39.9 Å². The molecule has 0 bridgehead atoms. The Morgan fingerprint density at radius 1 is 1.15 bits per heavy atom. The van der Waals surface area contributed by atoms with E-state index in [0.29, 0.717) is 9.94 Å². The van der Waals surface area contributed by atoms with Crippen molar-refractivity contribution < 1.29 is 9.53 Å². The zero-order chi connectivity index (χ0) is 9.10. The van der Waals surface area contributed by atoms with Gasteiger partial charge in [-0.1, -0.05) is 6.07 Å². The molecule has 2 aromatic heterocycles. The number of hydrogen-bond acceptors (Lipinski definition) is 4. The molecule has 13 heavy (non-hydrogen) atoms. The Morgan fingerprint density at radius 3 is 2.54 bits per heavy atom. The van der Waals surface area contributed by atoms with E-state index in [2.05, 4.69) is 0 Å². The molecule has 0 spiro atoms. The fourth-order valence-corrected chi connectivity index (χ4v) is 2.03. The Labute approximate surface area is 83.4 Å². The first-order valence-electron chi connectivity index (χ1n) is 3.65. The first-order valence-corrected chi connectivity index (χ1v) is 5.41. The fraction of sp³-hybridized carbons (Fsp3) is 0. The molecule has 66 valence electrons. The lowest BCUT2D eigenvalue weighted by atomic mass is 10.5. The Bertz CT molecular complexity index is 376. The average Bonchev–Trinajstić information content (AvgIpc) is 2.74. The van der Waals surface area contributed by atoms with Gasteiger partial charge >= 0.3 is 5.97 Å². The summed E-state index contributed by atoms with van der Waals surface area (Å²) in [5.74, 6) is -0.280. The number of carbonyl (C=O) groups excluding carboxylic acids is 1. The van der Waals surface area contributed by atoms with E-state index in [1.807, 2.05) is 22.9 Å². The molecular weight excluding hydrogens is 204 g/mol. The van der Waals surface area contributed by atoms with Crippen molar-refractivity contribution in [1.82, 2.24) is 0 Å². The normalized spacial score (nSPS) is 9.85. The van der Waals surface area contributed by atoms with Gasteiger partial charge in [-0.15, -0.1) is 22.7 Å². The zero-order valence-corrected chi connectivity index (χ0v) is 8.23. The molecule has 0 saturated heterocycles. The summed E-state index contributed by atoms with van der Waals surface area (Å²) in [5.41, 5.74) is 0. The van der Waals surface area contributed by atoms with Crippen LogP contribution in [0.5, 0.6) is 5.06 Å². The van der Waals surface area contributed by atoms with Crippen LogP contribution in [0.25, 0.3) is 0 Å². The van der Waals surface area contributed by atoms with Crippen molar-refractivity contribution in [3.8, 4) is 5.06 Å². The maximum Gasteiger partial charge on any atom is 0.354 e. The lowest BCUT2D eigenvalue weighted by molar-refractivity contribution is 0.0746. The minimum absolute atomic E-state index is 0.280. The first kappa shape index (κ1) is 8.47. The van der Waals surface area contributed by atoms with Gasteiger partial charge in [-0.3, -0.25) is 0 Å². The highest BCUT2D eigenvalue weighted by molar-refractivity contribution is 7.12. The second-order valence-corrected chi connectivity index (χ2v) is 4.16. The molecule has 0 amide bonds. The van der Waals surface area contributed by atoms with Gasteiger partial charge in [-0.2, -0.15) is 0 Å². The quantitative estimate of drug-likeness (QED) is 0.712. The van der Waals surface area contributed by atoms with Crippen LogP contribution in [-0.2, 0) is 0 Å². The molecule has 0 fully saturated rings. The maximum absolute atomic E-state index is 11.4. The molecule has 0 atom stereocenters. The van der Waals surface area contributed by atoms with Crippen molar-refractivity contribution in [2.45, 2.75) is 0 Å². The van der Waals surface area contributed by atoms with Gasteiger partial charge in [0.25, 0.3) is 0 Å². The Kier molecular flexibility index (Phi) is 2.42. The Morgan fingerprint density at radius 2 is 1.92 bits per heavy atom. The van der Waals surface area contributed by atoms with Crippen molar-refractivity contribution >= 4 is 28.6 Å². The van der Waals surface area contributed by atoms with Crippen molar-refractivity contribution in [2.75, 3.05) is 0 Å². The highest BCUT2D eigenvalue weighted by Crippen LogP contribution is 2.20. The van der Waals surface area contributed by atoms with Gasteiger partial charge in [-0.25, -0.2) is 4.79 Å². The van der Waals surface area contributed by atoms with Crippen LogP contribution in [0.3, 0.4) is 0 Å². The van der Waals surface area contributed by atoms with E-state index in [0.717, 1.165) is 0 Å². The molecule has 0 aliphatic heterocycles. The summed E-state index contributed by atoms with van der Waals surface area (Å²) in [5, 5.41) is 4.36. The van der Waals surface area contributed by atoms with E-state index in [-0.39, 0.29) is 5.97 Å². The van der Waals surface area contributed by atoms with Crippen LogP contribution in [0.4, 0.5) is 0 Å². The van der Waals surface area contributed by atoms with E-state index in [1.165, 1.54) is 22.7 Å². The molecule has 0 unspecified atom stereocenters. The van der Waals surface area contributed by atoms with Crippen LogP contribution in [0.15, 0.2) is 35.0 Å². The summed E-state index contributed by atoms with van der Waals surface area (Å²) in [4.78, 5) is 12.0. The second kappa shape index (κ2) is 3.72. The smallest absolute Gasteiger partial charge is 0.354 e. The molecule has 4 heteroatoms.